The van der Waals surface area contributed by atoms with E-state index in [1.807, 2.05) is 43.9 Å². The van der Waals surface area contributed by atoms with Crippen molar-refractivity contribution >= 4 is 23.2 Å². The summed E-state index contributed by atoms with van der Waals surface area (Å²) in [6.07, 6.45) is 0.918. The van der Waals surface area contributed by atoms with E-state index >= 15 is 0 Å². The van der Waals surface area contributed by atoms with E-state index in [-0.39, 0.29) is 35.9 Å². The summed E-state index contributed by atoms with van der Waals surface area (Å²) in [5.74, 6) is -0.00768. The highest BCUT2D eigenvalue weighted by atomic mass is 32.1. The van der Waals surface area contributed by atoms with Crippen molar-refractivity contribution in [2.45, 2.75) is 64.2 Å². The van der Waals surface area contributed by atoms with Crippen molar-refractivity contribution in [1.82, 2.24) is 25.8 Å². The Morgan fingerprint density at radius 2 is 1.97 bits per heavy atom. The van der Waals surface area contributed by atoms with Crippen LogP contribution in [0.25, 0.3) is 11.3 Å². The molecular formula is C25H35N5O2S. The van der Waals surface area contributed by atoms with Gasteiger partial charge in [-0.05, 0) is 25.8 Å². The Balaban J connectivity index is 1.56. The number of benzene rings is 1. The number of fused-ring (bicyclic) bond motifs is 1. The van der Waals surface area contributed by atoms with Crippen LogP contribution in [-0.4, -0.2) is 66.0 Å². The van der Waals surface area contributed by atoms with E-state index in [9.17, 15) is 9.59 Å². The lowest BCUT2D eigenvalue weighted by molar-refractivity contribution is -0.140. The molecule has 0 aliphatic carbocycles. The van der Waals surface area contributed by atoms with Gasteiger partial charge >= 0.3 is 0 Å². The van der Waals surface area contributed by atoms with Gasteiger partial charge < -0.3 is 20.9 Å². The summed E-state index contributed by atoms with van der Waals surface area (Å²) in [6.45, 7) is 9.32. The Labute approximate surface area is 200 Å². The van der Waals surface area contributed by atoms with E-state index in [0.717, 1.165) is 29.2 Å². The van der Waals surface area contributed by atoms with Gasteiger partial charge in [-0.2, -0.15) is 0 Å². The second-order valence-electron chi connectivity index (χ2n) is 10.2. The number of aromatic nitrogens is 1. The van der Waals surface area contributed by atoms with Crippen molar-refractivity contribution in [3.05, 3.63) is 40.7 Å². The number of carbonyl (C=O) groups is 2. The van der Waals surface area contributed by atoms with Crippen molar-refractivity contribution in [2.75, 3.05) is 20.1 Å². The molecule has 3 N–H and O–H groups in total. The standard InChI is InChI=1S/C25H35N5O2S/c1-15(26-5)22(31)29-21(25(2,3)4)24(32)30-12-11-18-20(30)17(13-27-18)23-28-19(14-33-23)16-9-7-6-8-10-16/h6-10,14-15,17-18,20-21,26-27H,11-13H2,1-5H3,(H,29,31)/t15-,17-,18+,20+,21?/m0/s1. The fourth-order valence-corrected chi connectivity index (χ4v) is 5.81. The third-order valence-corrected chi connectivity index (χ3v) is 7.86. The van der Waals surface area contributed by atoms with Crippen molar-refractivity contribution in [3.8, 4) is 11.3 Å². The minimum atomic E-state index is -0.586. The molecule has 2 aromatic rings. The molecular weight excluding hydrogens is 434 g/mol. The zero-order chi connectivity index (χ0) is 23.8. The maximum atomic E-state index is 13.8. The maximum absolute atomic E-state index is 13.8. The first-order valence-corrected chi connectivity index (χ1v) is 12.6. The van der Waals surface area contributed by atoms with Crippen LogP contribution < -0.4 is 16.0 Å². The Kier molecular flexibility index (Phi) is 6.88. The minimum Gasteiger partial charge on any atom is -0.342 e. The highest BCUT2D eigenvalue weighted by Crippen LogP contribution is 2.39. The first kappa shape index (κ1) is 23.9. The molecule has 0 saturated carbocycles. The summed E-state index contributed by atoms with van der Waals surface area (Å²) >= 11 is 1.67. The molecule has 2 aliphatic heterocycles. The molecule has 4 rings (SSSR count). The number of hydrogen-bond donors (Lipinski definition) is 3. The first-order valence-electron chi connectivity index (χ1n) is 11.7. The summed E-state index contributed by atoms with van der Waals surface area (Å²) in [5.41, 5.74) is 1.69. The van der Waals surface area contributed by atoms with E-state index in [1.165, 1.54) is 0 Å². The number of nitrogens with zero attached hydrogens (tertiary/aromatic N) is 2. The van der Waals surface area contributed by atoms with Crippen LogP contribution in [0.3, 0.4) is 0 Å². The van der Waals surface area contributed by atoms with Gasteiger partial charge in [0.25, 0.3) is 0 Å². The normalized spacial score (nSPS) is 24.4. The third-order valence-electron chi connectivity index (χ3n) is 6.88. The van der Waals surface area contributed by atoms with Gasteiger partial charge in [0, 0.05) is 36.0 Å². The molecule has 5 atom stereocenters. The summed E-state index contributed by atoms with van der Waals surface area (Å²) < 4.78 is 0. The van der Waals surface area contributed by atoms with E-state index in [4.69, 9.17) is 4.98 Å². The van der Waals surface area contributed by atoms with Gasteiger partial charge in [0.2, 0.25) is 11.8 Å². The summed E-state index contributed by atoms with van der Waals surface area (Å²) in [7, 11) is 1.75. The maximum Gasteiger partial charge on any atom is 0.246 e. The fourth-order valence-electron chi connectivity index (χ4n) is 4.84. The number of carbonyl (C=O) groups excluding carboxylic acids is 2. The average molecular weight is 470 g/mol. The molecule has 1 unspecified atom stereocenters. The monoisotopic (exact) mass is 469 g/mol. The number of likely N-dealkylation sites (tertiary alicyclic amines) is 1. The van der Waals surface area contributed by atoms with Crippen molar-refractivity contribution < 1.29 is 9.59 Å². The number of hydrogen-bond acceptors (Lipinski definition) is 6. The van der Waals surface area contributed by atoms with Crippen LogP contribution in [0.5, 0.6) is 0 Å². The summed E-state index contributed by atoms with van der Waals surface area (Å²) in [6, 6.07) is 9.56. The predicted octanol–water partition coefficient (Wildman–Crippen LogP) is 2.61. The lowest BCUT2D eigenvalue weighted by Crippen LogP contribution is -2.58. The topological polar surface area (TPSA) is 86.4 Å². The van der Waals surface area contributed by atoms with Crippen LogP contribution in [0.2, 0.25) is 0 Å². The quantitative estimate of drug-likeness (QED) is 0.606. The zero-order valence-electron chi connectivity index (χ0n) is 20.1. The Morgan fingerprint density at radius 3 is 2.64 bits per heavy atom. The number of rotatable bonds is 6. The second kappa shape index (κ2) is 9.52. The third kappa shape index (κ3) is 4.83. The Morgan fingerprint density at radius 1 is 1.24 bits per heavy atom. The number of likely N-dealkylation sites (N-methyl/N-ethyl adjacent to an activating group) is 1. The molecule has 0 spiro atoms. The van der Waals surface area contributed by atoms with E-state index < -0.39 is 11.5 Å². The predicted molar refractivity (Wildman–Crippen MR) is 132 cm³/mol. The molecule has 0 radical (unpaired) electrons. The van der Waals surface area contributed by atoms with E-state index in [1.54, 1.807) is 25.3 Å². The molecule has 2 amide bonds. The van der Waals surface area contributed by atoms with Gasteiger partial charge in [0.15, 0.2) is 0 Å². The molecule has 7 nitrogen and oxygen atoms in total. The lowest BCUT2D eigenvalue weighted by atomic mass is 9.85. The van der Waals surface area contributed by atoms with Crippen LogP contribution in [-0.2, 0) is 9.59 Å². The van der Waals surface area contributed by atoms with Crippen LogP contribution in [0.1, 0.15) is 45.0 Å². The molecule has 1 aromatic heterocycles. The lowest BCUT2D eigenvalue weighted by Gasteiger charge is -2.37. The smallest absolute Gasteiger partial charge is 0.246 e. The molecule has 178 valence electrons. The molecule has 0 bridgehead atoms. The van der Waals surface area contributed by atoms with Gasteiger partial charge in [-0.1, -0.05) is 51.1 Å². The van der Waals surface area contributed by atoms with Crippen LogP contribution in [0.15, 0.2) is 35.7 Å². The van der Waals surface area contributed by atoms with Gasteiger partial charge in [-0.25, -0.2) is 4.98 Å². The highest BCUT2D eigenvalue weighted by molar-refractivity contribution is 7.10. The van der Waals surface area contributed by atoms with Crippen molar-refractivity contribution in [2.24, 2.45) is 5.41 Å². The van der Waals surface area contributed by atoms with Gasteiger partial charge in [0.1, 0.15) is 6.04 Å². The van der Waals surface area contributed by atoms with E-state index in [2.05, 4.69) is 33.5 Å². The molecule has 8 heteroatoms. The Bertz CT molecular complexity index is 986. The molecule has 33 heavy (non-hydrogen) atoms. The summed E-state index contributed by atoms with van der Waals surface area (Å²) in [4.78, 5) is 33.4. The number of amides is 2. The SMILES string of the molecule is CN[C@@H](C)C(=O)NC(C(=O)N1CC[C@H]2NC[C@H](c3nc(-c4ccccc4)cs3)[C@H]21)C(C)(C)C. The molecule has 2 aliphatic rings. The van der Waals surface area contributed by atoms with E-state index in [0.29, 0.717) is 6.54 Å². The van der Waals surface area contributed by atoms with Crippen molar-refractivity contribution in [1.29, 1.82) is 0 Å². The molecule has 2 fully saturated rings. The zero-order valence-corrected chi connectivity index (χ0v) is 20.9. The van der Waals surface area contributed by atoms with Gasteiger partial charge in [-0.15, -0.1) is 11.3 Å². The molecule has 3 heterocycles. The fraction of sp³-hybridized carbons (Fsp3) is 0.560. The summed E-state index contributed by atoms with van der Waals surface area (Å²) in [5, 5.41) is 12.8. The van der Waals surface area contributed by atoms with Gasteiger partial charge in [0.05, 0.1) is 22.8 Å². The van der Waals surface area contributed by atoms with Gasteiger partial charge in [-0.3, -0.25) is 9.59 Å². The molecule has 1 aromatic carbocycles. The van der Waals surface area contributed by atoms with Crippen molar-refractivity contribution in [3.63, 3.8) is 0 Å². The highest BCUT2D eigenvalue weighted by Gasteiger charge is 2.50. The largest absolute Gasteiger partial charge is 0.342 e. The van der Waals surface area contributed by atoms with Crippen LogP contribution >= 0.6 is 11.3 Å². The number of nitrogens with one attached hydrogen (secondary N) is 3. The minimum absolute atomic E-state index is 0.000178. The second-order valence-corrected chi connectivity index (χ2v) is 11.1. The van der Waals surface area contributed by atoms with Crippen LogP contribution in [0.4, 0.5) is 0 Å². The number of thiazole rings is 1. The Hall–Kier alpha value is -2.29. The molecule has 2 saturated heterocycles. The first-order chi connectivity index (χ1) is 15.7. The van der Waals surface area contributed by atoms with Crippen LogP contribution in [0, 0.1) is 5.41 Å². The average Bonchev–Trinajstić information content (AvgIpc) is 3.52.